The van der Waals surface area contributed by atoms with E-state index in [-0.39, 0.29) is 6.04 Å². The molecule has 1 aromatic carbocycles. The molecule has 5 rings (SSSR count). The lowest BCUT2D eigenvalue weighted by molar-refractivity contribution is 0.0985. The van der Waals surface area contributed by atoms with Crippen molar-refractivity contribution in [2.75, 3.05) is 44.8 Å². The van der Waals surface area contributed by atoms with E-state index in [0.717, 1.165) is 59.9 Å². The van der Waals surface area contributed by atoms with Crippen molar-refractivity contribution in [1.29, 1.82) is 0 Å². The molecule has 8 nitrogen and oxygen atoms in total. The number of fused-ring (bicyclic) bond motifs is 1. The fraction of sp³-hybridized carbons (Fsp3) is 0.346. The Labute approximate surface area is 199 Å². The summed E-state index contributed by atoms with van der Waals surface area (Å²) in [7, 11) is 1.96. The minimum atomic E-state index is 0.247. The number of nitrogens with zero attached hydrogens (tertiary/aromatic N) is 4. The monoisotopic (exact) mass is 457 g/mol. The zero-order chi connectivity index (χ0) is 23.3. The maximum atomic E-state index is 5.67. The number of hydrogen-bond acceptors (Lipinski definition) is 7. The first-order valence-electron chi connectivity index (χ1n) is 11.8. The van der Waals surface area contributed by atoms with Crippen LogP contribution < -0.4 is 15.5 Å². The van der Waals surface area contributed by atoms with Crippen molar-refractivity contribution in [3.63, 3.8) is 0 Å². The molecular weight excluding hydrogens is 426 g/mol. The average Bonchev–Trinajstić information content (AvgIpc) is 3.36. The summed E-state index contributed by atoms with van der Waals surface area (Å²) in [5.41, 5.74) is 5.03. The van der Waals surface area contributed by atoms with Crippen molar-refractivity contribution >= 4 is 16.9 Å². The number of benzene rings is 1. The summed E-state index contributed by atoms with van der Waals surface area (Å²) in [5, 5.41) is 7.66. The number of aromatic nitrogens is 4. The van der Waals surface area contributed by atoms with E-state index in [9.17, 15) is 0 Å². The summed E-state index contributed by atoms with van der Waals surface area (Å²) in [5.74, 6) is 1.63. The molecule has 1 fully saturated rings. The third-order valence-corrected chi connectivity index (χ3v) is 6.18. The summed E-state index contributed by atoms with van der Waals surface area (Å²) in [6.07, 6.45) is 3.71. The molecule has 0 saturated carbocycles. The molecule has 4 heterocycles. The van der Waals surface area contributed by atoms with E-state index in [1.54, 1.807) is 6.20 Å². The summed E-state index contributed by atoms with van der Waals surface area (Å²) >= 11 is 0. The molecule has 0 aliphatic carbocycles. The van der Waals surface area contributed by atoms with E-state index in [2.05, 4.69) is 62.8 Å². The van der Waals surface area contributed by atoms with Gasteiger partial charge in [0.25, 0.3) is 0 Å². The minimum Gasteiger partial charge on any atom is -0.377 e. The van der Waals surface area contributed by atoms with Gasteiger partial charge in [-0.3, -0.25) is 0 Å². The van der Waals surface area contributed by atoms with Crippen molar-refractivity contribution in [2.24, 2.45) is 0 Å². The quantitative estimate of drug-likeness (QED) is 0.350. The van der Waals surface area contributed by atoms with Crippen LogP contribution in [0.15, 0.2) is 54.9 Å². The Bertz CT molecular complexity index is 1250. The van der Waals surface area contributed by atoms with E-state index >= 15 is 0 Å². The van der Waals surface area contributed by atoms with Gasteiger partial charge in [0.2, 0.25) is 0 Å². The van der Waals surface area contributed by atoms with Crippen LogP contribution in [0.2, 0.25) is 0 Å². The second-order valence-electron chi connectivity index (χ2n) is 8.63. The smallest absolute Gasteiger partial charge is 0.162 e. The van der Waals surface area contributed by atoms with Gasteiger partial charge in [-0.05, 0) is 37.7 Å². The Morgan fingerprint density at radius 2 is 2.09 bits per heavy atom. The first-order valence-corrected chi connectivity index (χ1v) is 11.8. The second kappa shape index (κ2) is 10.3. The van der Waals surface area contributed by atoms with Gasteiger partial charge in [-0.2, -0.15) is 0 Å². The first kappa shape index (κ1) is 22.5. The number of H-pyrrole nitrogens is 1. The molecule has 0 unspecified atom stereocenters. The first-order chi connectivity index (χ1) is 16.7. The average molecular weight is 458 g/mol. The number of ether oxygens (including phenoxy) is 1. The number of rotatable bonds is 8. The van der Waals surface area contributed by atoms with Gasteiger partial charge in [-0.1, -0.05) is 18.2 Å². The molecule has 0 bridgehead atoms. The molecule has 3 N–H and O–H groups in total. The van der Waals surface area contributed by atoms with Crippen molar-refractivity contribution < 1.29 is 4.74 Å². The summed E-state index contributed by atoms with van der Waals surface area (Å²) in [6, 6.07) is 14.9. The Balaban J connectivity index is 1.56. The van der Waals surface area contributed by atoms with Gasteiger partial charge in [0, 0.05) is 61.2 Å². The number of anilines is 1. The number of pyridine rings is 1. The normalized spacial score (nSPS) is 16.3. The number of nitrogens with one attached hydrogen (secondary N) is 3. The molecule has 0 spiro atoms. The molecule has 0 radical (unpaired) electrons. The van der Waals surface area contributed by atoms with E-state index in [1.165, 1.54) is 5.56 Å². The molecule has 3 aromatic heterocycles. The molecule has 34 heavy (non-hydrogen) atoms. The fourth-order valence-electron chi connectivity index (χ4n) is 4.36. The molecule has 1 aliphatic rings. The van der Waals surface area contributed by atoms with Crippen LogP contribution in [0.3, 0.4) is 0 Å². The third kappa shape index (κ3) is 4.79. The van der Waals surface area contributed by atoms with Crippen LogP contribution in [0.25, 0.3) is 33.7 Å². The third-order valence-electron chi connectivity index (χ3n) is 6.18. The van der Waals surface area contributed by atoms with Crippen molar-refractivity contribution in [2.45, 2.75) is 19.5 Å². The maximum absolute atomic E-state index is 5.67. The zero-order valence-electron chi connectivity index (χ0n) is 19.7. The van der Waals surface area contributed by atoms with Gasteiger partial charge in [-0.25, -0.2) is 15.0 Å². The van der Waals surface area contributed by atoms with Crippen LogP contribution in [0.5, 0.6) is 0 Å². The summed E-state index contributed by atoms with van der Waals surface area (Å²) in [4.78, 5) is 20.0. The predicted octanol–water partition coefficient (Wildman–Crippen LogP) is 3.22. The lowest BCUT2D eigenvalue weighted by atomic mass is 10.1. The van der Waals surface area contributed by atoms with Crippen LogP contribution in [-0.2, 0) is 11.3 Å². The highest BCUT2D eigenvalue weighted by atomic mass is 16.5. The van der Waals surface area contributed by atoms with Crippen molar-refractivity contribution in [3.05, 3.63) is 60.4 Å². The molecule has 1 saturated heterocycles. The van der Waals surface area contributed by atoms with E-state index in [4.69, 9.17) is 14.7 Å². The molecular formula is C26H31N7O. The molecule has 176 valence electrons. The maximum Gasteiger partial charge on any atom is 0.162 e. The summed E-state index contributed by atoms with van der Waals surface area (Å²) < 4.78 is 5.67. The highest BCUT2D eigenvalue weighted by Crippen LogP contribution is 2.31. The fourth-order valence-corrected chi connectivity index (χ4v) is 4.36. The van der Waals surface area contributed by atoms with Gasteiger partial charge in [0.1, 0.15) is 11.5 Å². The topological polar surface area (TPSA) is 91.0 Å². The molecule has 4 aromatic rings. The van der Waals surface area contributed by atoms with Gasteiger partial charge in [0.15, 0.2) is 5.82 Å². The minimum absolute atomic E-state index is 0.247. The SMILES string of the molecule is CNCCNCc1cccc(-c2cc(N3CCOC[C@@H]3C)nc(-c3ccnc4[nH]ccc34)n2)c1. The van der Waals surface area contributed by atoms with Crippen LogP contribution in [0.1, 0.15) is 12.5 Å². The Morgan fingerprint density at radius 3 is 2.97 bits per heavy atom. The van der Waals surface area contributed by atoms with Crippen molar-refractivity contribution in [1.82, 2.24) is 30.6 Å². The van der Waals surface area contributed by atoms with Gasteiger partial charge >= 0.3 is 0 Å². The molecule has 1 aliphatic heterocycles. The lowest BCUT2D eigenvalue weighted by Crippen LogP contribution is -2.44. The Kier molecular flexibility index (Phi) is 6.80. The zero-order valence-corrected chi connectivity index (χ0v) is 19.7. The molecule has 0 amide bonds. The molecule has 1 atom stereocenters. The van der Waals surface area contributed by atoms with Gasteiger partial charge in [0.05, 0.1) is 24.9 Å². The molecule has 8 heteroatoms. The number of aromatic amines is 1. The van der Waals surface area contributed by atoms with Crippen LogP contribution in [-0.4, -0.2) is 65.9 Å². The number of likely N-dealkylation sites (N-methyl/N-ethyl adjacent to an activating group) is 1. The highest BCUT2D eigenvalue weighted by molar-refractivity contribution is 5.91. The largest absolute Gasteiger partial charge is 0.377 e. The Morgan fingerprint density at radius 1 is 1.15 bits per heavy atom. The van der Waals surface area contributed by atoms with E-state index in [1.807, 2.05) is 25.4 Å². The Hall–Kier alpha value is -3.33. The summed E-state index contributed by atoms with van der Waals surface area (Å²) in [6.45, 7) is 7.05. The second-order valence-corrected chi connectivity index (χ2v) is 8.63. The lowest BCUT2D eigenvalue weighted by Gasteiger charge is -2.34. The van der Waals surface area contributed by atoms with Gasteiger partial charge in [-0.15, -0.1) is 0 Å². The van der Waals surface area contributed by atoms with Crippen LogP contribution >= 0.6 is 0 Å². The van der Waals surface area contributed by atoms with Gasteiger partial charge < -0.3 is 25.3 Å². The van der Waals surface area contributed by atoms with Crippen LogP contribution in [0.4, 0.5) is 5.82 Å². The van der Waals surface area contributed by atoms with Crippen LogP contribution in [0, 0.1) is 0 Å². The predicted molar refractivity (Wildman–Crippen MR) is 136 cm³/mol. The van der Waals surface area contributed by atoms with E-state index < -0.39 is 0 Å². The van der Waals surface area contributed by atoms with E-state index in [0.29, 0.717) is 19.0 Å². The standard InChI is InChI=1S/C26H31N7O/c1-18-17-34-13-12-33(18)24-15-23(20-5-3-4-19(14-20)16-28-11-10-27-2)31-26(32-24)22-7-9-30-25-21(22)6-8-29-25/h3-9,14-15,18,27-28H,10-13,16-17H2,1-2H3,(H,29,30)/t18-/m0/s1. The van der Waals surface area contributed by atoms with Crippen molar-refractivity contribution in [3.8, 4) is 22.6 Å². The highest BCUT2D eigenvalue weighted by Gasteiger charge is 2.22. The number of hydrogen-bond donors (Lipinski definition) is 3. The number of morpholine rings is 1.